The number of hydrogen-bond acceptors (Lipinski definition) is 2. The number of methoxy groups -OCH3 is 1. The van der Waals surface area contributed by atoms with Crippen LogP contribution in [0.4, 0.5) is 0 Å². The zero-order valence-corrected chi connectivity index (χ0v) is 14.8. The predicted molar refractivity (Wildman–Crippen MR) is 92.4 cm³/mol. The SMILES string of the molecule is CNC(Cc1ccc(OC)c(Br)c1)c1cccc(C)c1Cl. The lowest BCUT2D eigenvalue weighted by molar-refractivity contribution is 0.412. The van der Waals surface area contributed by atoms with E-state index in [-0.39, 0.29) is 6.04 Å². The van der Waals surface area contributed by atoms with E-state index in [0.29, 0.717) is 0 Å². The van der Waals surface area contributed by atoms with Crippen molar-refractivity contribution in [3.63, 3.8) is 0 Å². The summed E-state index contributed by atoms with van der Waals surface area (Å²) in [5.74, 6) is 0.841. The van der Waals surface area contributed by atoms with Crippen LogP contribution in [0.15, 0.2) is 40.9 Å². The molecule has 112 valence electrons. The monoisotopic (exact) mass is 367 g/mol. The van der Waals surface area contributed by atoms with Gasteiger partial charge < -0.3 is 10.1 Å². The summed E-state index contributed by atoms with van der Waals surface area (Å²) in [6.45, 7) is 2.03. The van der Waals surface area contributed by atoms with Gasteiger partial charge in [0.15, 0.2) is 0 Å². The van der Waals surface area contributed by atoms with Crippen molar-refractivity contribution >= 4 is 27.5 Å². The molecule has 2 rings (SSSR count). The Morgan fingerprint density at radius 1 is 1.29 bits per heavy atom. The van der Waals surface area contributed by atoms with Gasteiger partial charge in [0.25, 0.3) is 0 Å². The van der Waals surface area contributed by atoms with E-state index in [4.69, 9.17) is 16.3 Å². The largest absolute Gasteiger partial charge is 0.496 e. The lowest BCUT2D eigenvalue weighted by atomic mass is 9.97. The van der Waals surface area contributed by atoms with Crippen molar-refractivity contribution < 1.29 is 4.74 Å². The highest BCUT2D eigenvalue weighted by atomic mass is 79.9. The molecule has 0 amide bonds. The van der Waals surface area contributed by atoms with Crippen molar-refractivity contribution in [2.45, 2.75) is 19.4 Å². The van der Waals surface area contributed by atoms with E-state index in [0.717, 1.165) is 32.8 Å². The van der Waals surface area contributed by atoms with Crippen LogP contribution >= 0.6 is 27.5 Å². The average molecular weight is 369 g/mol. The minimum absolute atomic E-state index is 0.178. The molecule has 0 heterocycles. The maximum atomic E-state index is 6.44. The van der Waals surface area contributed by atoms with Crippen LogP contribution in [0.5, 0.6) is 5.75 Å². The summed E-state index contributed by atoms with van der Waals surface area (Å²) >= 11 is 9.97. The summed E-state index contributed by atoms with van der Waals surface area (Å²) in [5.41, 5.74) is 3.45. The molecule has 0 bridgehead atoms. The van der Waals surface area contributed by atoms with Gasteiger partial charge in [-0.05, 0) is 65.1 Å². The van der Waals surface area contributed by atoms with Gasteiger partial charge in [-0.25, -0.2) is 0 Å². The van der Waals surface area contributed by atoms with Crippen LogP contribution in [0, 0.1) is 6.92 Å². The highest BCUT2D eigenvalue weighted by Crippen LogP contribution is 2.31. The summed E-state index contributed by atoms with van der Waals surface area (Å²) in [6.07, 6.45) is 0.863. The molecule has 0 spiro atoms. The van der Waals surface area contributed by atoms with Crippen LogP contribution < -0.4 is 10.1 Å². The van der Waals surface area contributed by atoms with Gasteiger partial charge in [-0.2, -0.15) is 0 Å². The third-order valence-electron chi connectivity index (χ3n) is 3.60. The van der Waals surface area contributed by atoms with Crippen molar-refractivity contribution in [1.82, 2.24) is 5.32 Å². The first-order valence-corrected chi connectivity index (χ1v) is 7.98. The standard InChI is InChI=1S/C17H19BrClNO/c1-11-5-4-6-13(17(11)19)15(20-2)10-12-7-8-16(21-3)14(18)9-12/h4-9,15,20H,10H2,1-3H3. The van der Waals surface area contributed by atoms with Crippen LogP contribution in [0.2, 0.25) is 5.02 Å². The molecule has 0 fully saturated rings. The molecule has 2 aromatic rings. The molecule has 1 atom stereocenters. The Hall–Kier alpha value is -1.03. The molecule has 0 aliphatic carbocycles. The molecule has 1 N–H and O–H groups in total. The number of halogens is 2. The van der Waals surface area contributed by atoms with Gasteiger partial charge in [0, 0.05) is 11.1 Å². The van der Waals surface area contributed by atoms with Crippen molar-refractivity contribution in [2.24, 2.45) is 0 Å². The first-order valence-electron chi connectivity index (χ1n) is 6.81. The van der Waals surface area contributed by atoms with Gasteiger partial charge in [-0.1, -0.05) is 35.9 Å². The van der Waals surface area contributed by atoms with Crippen LogP contribution in [-0.4, -0.2) is 14.2 Å². The summed E-state index contributed by atoms with van der Waals surface area (Å²) in [4.78, 5) is 0. The van der Waals surface area contributed by atoms with Gasteiger partial charge in [-0.15, -0.1) is 0 Å². The molecule has 1 unspecified atom stereocenters. The molecule has 2 nitrogen and oxygen atoms in total. The third kappa shape index (κ3) is 3.79. The quantitative estimate of drug-likeness (QED) is 0.808. The van der Waals surface area contributed by atoms with Crippen LogP contribution in [0.25, 0.3) is 0 Å². The van der Waals surface area contributed by atoms with Crippen molar-refractivity contribution in [3.05, 3.63) is 62.6 Å². The fourth-order valence-corrected chi connectivity index (χ4v) is 3.23. The molecule has 4 heteroatoms. The minimum Gasteiger partial charge on any atom is -0.496 e. The molecule has 21 heavy (non-hydrogen) atoms. The number of aryl methyl sites for hydroxylation is 1. The molecule has 0 aliphatic rings. The van der Waals surface area contributed by atoms with E-state index in [1.54, 1.807) is 7.11 Å². The van der Waals surface area contributed by atoms with E-state index >= 15 is 0 Å². The molecule has 0 aliphatic heterocycles. The van der Waals surface area contributed by atoms with Crippen LogP contribution in [-0.2, 0) is 6.42 Å². The van der Waals surface area contributed by atoms with Crippen LogP contribution in [0.1, 0.15) is 22.7 Å². The summed E-state index contributed by atoms with van der Waals surface area (Å²) in [5, 5.41) is 4.19. The summed E-state index contributed by atoms with van der Waals surface area (Å²) < 4.78 is 6.23. The topological polar surface area (TPSA) is 21.3 Å². The third-order valence-corrected chi connectivity index (χ3v) is 4.74. The molecule has 0 radical (unpaired) electrons. The zero-order chi connectivity index (χ0) is 15.4. The first-order chi connectivity index (χ1) is 10.1. The number of hydrogen-bond donors (Lipinski definition) is 1. The number of nitrogens with one attached hydrogen (secondary N) is 1. The highest BCUT2D eigenvalue weighted by molar-refractivity contribution is 9.10. The number of ether oxygens (including phenoxy) is 1. The summed E-state index contributed by atoms with van der Waals surface area (Å²) in [7, 11) is 3.63. The Labute approximate surface area is 139 Å². The zero-order valence-electron chi connectivity index (χ0n) is 12.4. The normalized spacial score (nSPS) is 12.2. The van der Waals surface area contributed by atoms with Gasteiger partial charge in [0.2, 0.25) is 0 Å². The van der Waals surface area contributed by atoms with Gasteiger partial charge in [0.05, 0.1) is 11.6 Å². The number of likely N-dealkylation sites (N-methyl/N-ethyl adjacent to an activating group) is 1. The van der Waals surface area contributed by atoms with E-state index in [1.165, 1.54) is 5.56 Å². The molecular formula is C17H19BrClNO. The molecule has 0 saturated carbocycles. The molecule has 2 aromatic carbocycles. The maximum Gasteiger partial charge on any atom is 0.133 e. The molecular weight excluding hydrogens is 350 g/mol. The smallest absolute Gasteiger partial charge is 0.133 e. The van der Waals surface area contributed by atoms with Crippen molar-refractivity contribution in [2.75, 3.05) is 14.2 Å². The maximum absolute atomic E-state index is 6.44. The summed E-state index contributed by atoms with van der Waals surface area (Å²) in [6, 6.07) is 12.5. The second-order valence-corrected chi connectivity index (χ2v) is 6.22. The lowest BCUT2D eigenvalue weighted by Gasteiger charge is -2.19. The number of benzene rings is 2. The first kappa shape index (κ1) is 16.3. The highest BCUT2D eigenvalue weighted by Gasteiger charge is 2.15. The lowest BCUT2D eigenvalue weighted by Crippen LogP contribution is -2.19. The molecule has 0 aromatic heterocycles. The minimum atomic E-state index is 0.178. The van der Waals surface area contributed by atoms with Crippen LogP contribution in [0.3, 0.4) is 0 Å². The Balaban J connectivity index is 2.27. The van der Waals surface area contributed by atoms with Crippen molar-refractivity contribution in [1.29, 1.82) is 0 Å². The second-order valence-electron chi connectivity index (χ2n) is 4.99. The van der Waals surface area contributed by atoms with Gasteiger partial charge >= 0.3 is 0 Å². The van der Waals surface area contributed by atoms with E-state index < -0.39 is 0 Å². The predicted octanol–water partition coefficient (Wildman–Crippen LogP) is 4.92. The Bertz CT molecular complexity index is 630. The Kier molecular flexibility index (Phi) is 5.68. The molecule has 0 saturated heterocycles. The Morgan fingerprint density at radius 2 is 2.05 bits per heavy atom. The average Bonchev–Trinajstić information content (AvgIpc) is 2.48. The fraction of sp³-hybridized carbons (Fsp3) is 0.294. The number of rotatable bonds is 5. The van der Waals surface area contributed by atoms with Crippen molar-refractivity contribution in [3.8, 4) is 5.75 Å². The fourth-order valence-electron chi connectivity index (χ4n) is 2.38. The Morgan fingerprint density at radius 3 is 2.67 bits per heavy atom. The van der Waals surface area contributed by atoms with E-state index in [1.807, 2.05) is 32.2 Å². The second kappa shape index (κ2) is 7.30. The van der Waals surface area contributed by atoms with E-state index in [9.17, 15) is 0 Å². The van der Waals surface area contributed by atoms with Gasteiger partial charge in [-0.3, -0.25) is 0 Å². The van der Waals surface area contributed by atoms with Gasteiger partial charge in [0.1, 0.15) is 5.75 Å². The van der Waals surface area contributed by atoms with E-state index in [2.05, 4.69) is 39.4 Å².